The Morgan fingerprint density at radius 1 is 1.28 bits per heavy atom. The maximum atomic E-state index is 5.66. The third kappa shape index (κ3) is 3.53. The largest absolute Gasteiger partial charge is 0.490 e. The van der Waals surface area contributed by atoms with Gasteiger partial charge in [-0.2, -0.15) is 0 Å². The lowest BCUT2D eigenvalue weighted by atomic mass is 10.2. The second-order valence-corrected chi connectivity index (χ2v) is 4.54. The molecule has 0 saturated heterocycles. The second kappa shape index (κ2) is 6.50. The summed E-state index contributed by atoms with van der Waals surface area (Å²) in [6.07, 6.45) is 1.91. The van der Waals surface area contributed by atoms with Crippen molar-refractivity contribution in [2.24, 2.45) is 0 Å². The predicted molar refractivity (Wildman–Crippen MR) is 71.6 cm³/mol. The predicted octanol–water partition coefficient (Wildman–Crippen LogP) is 2.68. The fourth-order valence-electron chi connectivity index (χ4n) is 1.90. The van der Waals surface area contributed by atoms with Crippen molar-refractivity contribution < 1.29 is 14.2 Å². The van der Waals surface area contributed by atoms with Crippen molar-refractivity contribution in [3.8, 4) is 11.5 Å². The minimum atomic E-state index is 0.370. The molecule has 1 aromatic carbocycles. The maximum Gasteiger partial charge on any atom is 0.163 e. The van der Waals surface area contributed by atoms with Gasteiger partial charge in [0, 0.05) is 37.9 Å². The van der Waals surface area contributed by atoms with Crippen molar-refractivity contribution in [3.63, 3.8) is 0 Å². The molecule has 0 aromatic heterocycles. The number of anilines is 1. The van der Waals surface area contributed by atoms with Crippen LogP contribution in [0.4, 0.5) is 5.69 Å². The number of hydrogen-bond acceptors (Lipinski definition) is 4. The van der Waals surface area contributed by atoms with E-state index in [1.807, 2.05) is 18.2 Å². The third-order valence-electron chi connectivity index (χ3n) is 2.92. The van der Waals surface area contributed by atoms with E-state index in [2.05, 4.69) is 12.2 Å². The van der Waals surface area contributed by atoms with Crippen molar-refractivity contribution >= 4 is 5.69 Å². The van der Waals surface area contributed by atoms with Crippen LogP contribution in [0.1, 0.15) is 19.8 Å². The standard InChI is InChI=1S/C14H21NO3/c1-11(6-9-16-2)15-12-4-5-13-14(10-12)18-8-3-7-17-13/h4-5,10-11,15H,3,6-9H2,1-2H3. The lowest BCUT2D eigenvalue weighted by Crippen LogP contribution is -2.17. The highest BCUT2D eigenvalue weighted by molar-refractivity contribution is 5.55. The van der Waals surface area contributed by atoms with E-state index in [4.69, 9.17) is 14.2 Å². The highest BCUT2D eigenvalue weighted by Gasteiger charge is 2.11. The van der Waals surface area contributed by atoms with E-state index in [0.29, 0.717) is 6.04 Å². The molecule has 1 N–H and O–H groups in total. The quantitative estimate of drug-likeness (QED) is 0.873. The molecule has 1 aromatic rings. The summed E-state index contributed by atoms with van der Waals surface area (Å²) in [5.41, 5.74) is 1.06. The van der Waals surface area contributed by atoms with E-state index in [-0.39, 0.29) is 0 Å². The minimum absolute atomic E-state index is 0.370. The summed E-state index contributed by atoms with van der Waals surface area (Å²) < 4.78 is 16.3. The number of benzene rings is 1. The van der Waals surface area contributed by atoms with Gasteiger partial charge in [-0.15, -0.1) is 0 Å². The Morgan fingerprint density at radius 2 is 2.06 bits per heavy atom. The SMILES string of the molecule is COCCC(C)Nc1ccc2c(c1)OCCCO2. The Kier molecular flexibility index (Phi) is 4.70. The number of ether oxygens (including phenoxy) is 3. The molecule has 0 aliphatic carbocycles. The molecule has 0 spiro atoms. The van der Waals surface area contributed by atoms with E-state index in [1.165, 1.54) is 0 Å². The normalized spacial score (nSPS) is 15.9. The fraction of sp³-hybridized carbons (Fsp3) is 0.571. The Bertz CT molecular complexity index is 381. The average Bonchev–Trinajstić information content (AvgIpc) is 2.61. The first kappa shape index (κ1) is 13.0. The fourth-order valence-corrected chi connectivity index (χ4v) is 1.90. The van der Waals surface area contributed by atoms with Gasteiger partial charge in [0.1, 0.15) is 0 Å². The highest BCUT2D eigenvalue weighted by Crippen LogP contribution is 2.32. The number of rotatable bonds is 5. The van der Waals surface area contributed by atoms with Crippen molar-refractivity contribution in [1.82, 2.24) is 0 Å². The zero-order valence-corrected chi connectivity index (χ0v) is 11.1. The smallest absolute Gasteiger partial charge is 0.163 e. The molecule has 1 atom stereocenters. The van der Waals surface area contributed by atoms with Crippen molar-refractivity contribution in [2.75, 3.05) is 32.2 Å². The van der Waals surface area contributed by atoms with Crippen LogP contribution in [0.5, 0.6) is 11.5 Å². The molecule has 1 aliphatic heterocycles. The third-order valence-corrected chi connectivity index (χ3v) is 2.92. The van der Waals surface area contributed by atoms with E-state index in [0.717, 1.165) is 49.8 Å². The van der Waals surface area contributed by atoms with Crippen molar-refractivity contribution in [1.29, 1.82) is 0 Å². The molecule has 1 heterocycles. The van der Waals surface area contributed by atoms with Crippen LogP contribution in [-0.2, 0) is 4.74 Å². The Balaban J connectivity index is 1.99. The van der Waals surface area contributed by atoms with Crippen LogP contribution in [-0.4, -0.2) is 33.0 Å². The lowest BCUT2D eigenvalue weighted by molar-refractivity contribution is 0.191. The summed E-state index contributed by atoms with van der Waals surface area (Å²) in [6.45, 7) is 4.35. The number of fused-ring (bicyclic) bond motifs is 1. The molecule has 0 fully saturated rings. The van der Waals surface area contributed by atoms with Crippen LogP contribution >= 0.6 is 0 Å². The lowest BCUT2D eigenvalue weighted by Gasteiger charge is -2.16. The Morgan fingerprint density at radius 3 is 2.83 bits per heavy atom. The van der Waals surface area contributed by atoms with Gasteiger partial charge in [0.05, 0.1) is 13.2 Å². The van der Waals surface area contributed by atoms with Gasteiger partial charge in [-0.05, 0) is 25.5 Å². The first-order valence-corrected chi connectivity index (χ1v) is 6.44. The Labute approximate surface area is 108 Å². The van der Waals surface area contributed by atoms with E-state index in [1.54, 1.807) is 7.11 Å². The van der Waals surface area contributed by atoms with Crippen LogP contribution in [0.3, 0.4) is 0 Å². The van der Waals surface area contributed by atoms with Crippen LogP contribution in [0.15, 0.2) is 18.2 Å². The summed E-state index contributed by atoms with van der Waals surface area (Å²) >= 11 is 0. The zero-order valence-electron chi connectivity index (χ0n) is 11.1. The molecular formula is C14H21NO3. The van der Waals surface area contributed by atoms with Gasteiger partial charge in [0.15, 0.2) is 11.5 Å². The highest BCUT2D eigenvalue weighted by atomic mass is 16.5. The van der Waals surface area contributed by atoms with Gasteiger partial charge < -0.3 is 19.5 Å². The van der Waals surface area contributed by atoms with Gasteiger partial charge in [-0.1, -0.05) is 0 Å². The Hall–Kier alpha value is -1.42. The van der Waals surface area contributed by atoms with Gasteiger partial charge in [-0.3, -0.25) is 0 Å². The molecule has 4 heteroatoms. The molecule has 0 bridgehead atoms. The van der Waals surface area contributed by atoms with Gasteiger partial charge in [-0.25, -0.2) is 0 Å². The number of nitrogens with one attached hydrogen (secondary N) is 1. The number of hydrogen-bond donors (Lipinski definition) is 1. The topological polar surface area (TPSA) is 39.7 Å². The molecule has 100 valence electrons. The van der Waals surface area contributed by atoms with Gasteiger partial charge in [0.25, 0.3) is 0 Å². The van der Waals surface area contributed by atoms with Gasteiger partial charge in [0.2, 0.25) is 0 Å². The molecule has 0 radical (unpaired) electrons. The molecule has 1 unspecified atom stereocenters. The molecular weight excluding hydrogens is 230 g/mol. The van der Waals surface area contributed by atoms with E-state index < -0.39 is 0 Å². The van der Waals surface area contributed by atoms with E-state index in [9.17, 15) is 0 Å². The van der Waals surface area contributed by atoms with E-state index >= 15 is 0 Å². The maximum absolute atomic E-state index is 5.66. The van der Waals surface area contributed by atoms with Crippen LogP contribution < -0.4 is 14.8 Å². The average molecular weight is 251 g/mol. The summed E-state index contributed by atoms with van der Waals surface area (Å²) in [5.74, 6) is 1.67. The molecule has 4 nitrogen and oxygen atoms in total. The first-order valence-electron chi connectivity index (χ1n) is 6.44. The molecule has 0 amide bonds. The molecule has 0 saturated carbocycles. The summed E-state index contributed by atoms with van der Waals surface area (Å²) in [4.78, 5) is 0. The second-order valence-electron chi connectivity index (χ2n) is 4.54. The molecule has 1 aliphatic rings. The zero-order chi connectivity index (χ0) is 12.8. The molecule has 2 rings (SSSR count). The van der Waals surface area contributed by atoms with Crippen molar-refractivity contribution in [3.05, 3.63) is 18.2 Å². The number of methoxy groups -OCH3 is 1. The monoisotopic (exact) mass is 251 g/mol. The van der Waals surface area contributed by atoms with Crippen LogP contribution in [0.2, 0.25) is 0 Å². The van der Waals surface area contributed by atoms with Crippen LogP contribution in [0.25, 0.3) is 0 Å². The minimum Gasteiger partial charge on any atom is -0.490 e. The molecule has 18 heavy (non-hydrogen) atoms. The van der Waals surface area contributed by atoms with Crippen molar-refractivity contribution in [2.45, 2.75) is 25.8 Å². The summed E-state index contributed by atoms with van der Waals surface area (Å²) in [7, 11) is 1.72. The van der Waals surface area contributed by atoms with Crippen LogP contribution in [0, 0.1) is 0 Å². The van der Waals surface area contributed by atoms with Gasteiger partial charge >= 0.3 is 0 Å². The summed E-state index contributed by atoms with van der Waals surface area (Å²) in [6, 6.07) is 6.36. The first-order chi connectivity index (χ1) is 8.79. The summed E-state index contributed by atoms with van der Waals surface area (Å²) in [5, 5.41) is 3.43.